The summed E-state index contributed by atoms with van der Waals surface area (Å²) in [5, 5.41) is 8.03. The highest BCUT2D eigenvalue weighted by molar-refractivity contribution is 6.05. The van der Waals surface area contributed by atoms with E-state index in [4.69, 9.17) is 4.74 Å². The maximum absolute atomic E-state index is 13.0. The molecular formula is C17H22N4O2. The van der Waals surface area contributed by atoms with Crippen LogP contribution in [0, 0.1) is 5.92 Å². The van der Waals surface area contributed by atoms with E-state index in [2.05, 4.69) is 15.1 Å². The minimum atomic E-state index is -0.0109. The number of amides is 1. The predicted octanol–water partition coefficient (Wildman–Crippen LogP) is 1.74. The molecule has 2 aromatic rings. The summed E-state index contributed by atoms with van der Waals surface area (Å²) in [5.74, 6) is 1.34. The molecule has 4 heterocycles. The largest absolute Gasteiger partial charge is 0.497 e. The van der Waals surface area contributed by atoms with Crippen molar-refractivity contribution in [1.82, 2.24) is 20.0 Å². The Morgan fingerprint density at radius 1 is 1.39 bits per heavy atom. The zero-order chi connectivity index (χ0) is 16.0. The predicted molar refractivity (Wildman–Crippen MR) is 87.7 cm³/mol. The number of likely N-dealkylation sites (N-methyl/N-ethyl adjacent to an activating group) is 1. The average molecular weight is 314 g/mol. The van der Waals surface area contributed by atoms with Crippen LogP contribution in [0.15, 0.2) is 18.2 Å². The SMILES string of the molecule is COc1ccc2[nH]nc(C(=O)N(C)[C@@H]3CN4CCC3CC4)c2c1. The molecule has 0 spiro atoms. The Balaban J connectivity index is 1.63. The van der Waals surface area contributed by atoms with Gasteiger partial charge >= 0.3 is 0 Å². The van der Waals surface area contributed by atoms with E-state index in [1.54, 1.807) is 7.11 Å². The summed E-state index contributed by atoms with van der Waals surface area (Å²) in [6.45, 7) is 3.33. The number of nitrogens with one attached hydrogen (secondary N) is 1. The second-order valence-electron chi connectivity index (χ2n) is 6.61. The van der Waals surface area contributed by atoms with Crippen LogP contribution in [0.5, 0.6) is 5.75 Å². The Kier molecular flexibility index (Phi) is 3.49. The van der Waals surface area contributed by atoms with Crippen LogP contribution in [0.3, 0.4) is 0 Å². The second-order valence-corrected chi connectivity index (χ2v) is 6.61. The molecular weight excluding hydrogens is 292 g/mol. The van der Waals surface area contributed by atoms with E-state index >= 15 is 0 Å². The number of carbonyl (C=O) groups is 1. The van der Waals surface area contributed by atoms with Crippen molar-refractivity contribution in [2.45, 2.75) is 18.9 Å². The van der Waals surface area contributed by atoms with Crippen molar-refractivity contribution in [3.8, 4) is 5.75 Å². The summed E-state index contributed by atoms with van der Waals surface area (Å²) in [6.07, 6.45) is 2.38. The number of ether oxygens (including phenoxy) is 1. The molecule has 1 aromatic carbocycles. The fourth-order valence-electron chi connectivity index (χ4n) is 3.97. The van der Waals surface area contributed by atoms with E-state index < -0.39 is 0 Å². The molecule has 0 saturated carbocycles. The van der Waals surface area contributed by atoms with Gasteiger partial charge in [0, 0.05) is 25.0 Å². The molecule has 6 heteroatoms. The highest BCUT2D eigenvalue weighted by Gasteiger charge is 2.38. The van der Waals surface area contributed by atoms with Gasteiger partial charge in [0.25, 0.3) is 5.91 Å². The molecule has 6 nitrogen and oxygen atoms in total. The van der Waals surface area contributed by atoms with Crippen LogP contribution in [0.2, 0.25) is 0 Å². The van der Waals surface area contributed by atoms with E-state index in [-0.39, 0.29) is 5.91 Å². The first-order chi connectivity index (χ1) is 11.2. The van der Waals surface area contributed by atoms with Crippen molar-refractivity contribution < 1.29 is 9.53 Å². The second kappa shape index (κ2) is 5.53. The zero-order valence-corrected chi connectivity index (χ0v) is 13.6. The lowest BCUT2D eigenvalue weighted by Gasteiger charge is -2.47. The van der Waals surface area contributed by atoms with Crippen LogP contribution in [0.25, 0.3) is 10.9 Å². The van der Waals surface area contributed by atoms with Crippen LogP contribution in [0.1, 0.15) is 23.3 Å². The van der Waals surface area contributed by atoms with Crippen molar-refractivity contribution in [1.29, 1.82) is 0 Å². The number of H-pyrrole nitrogens is 1. The van der Waals surface area contributed by atoms with Crippen molar-refractivity contribution in [3.63, 3.8) is 0 Å². The molecule has 3 fully saturated rings. The van der Waals surface area contributed by atoms with Gasteiger partial charge in [-0.05, 0) is 50.0 Å². The first-order valence-corrected chi connectivity index (χ1v) is 8.19. The first-order valence-electron chi connectivity index (χ1n) is 8.19. The Hall–Kier alpha value is -2.08. The highest BCUT2D eigenvalue weighted by atomic mass is 16.5. The Labute approximate surface area is 135 Å². The topological polar surface area (TPSA) is 61.5 Å². The van der Waals surface area contributed by atoms with Gasteiger partial charge in [-0.25, -0.2) is 0 Å². The zero-order valence-electron chi connectivity index (χ0n) is 13.6. The molecule has 1 amide bonds. The molecule has 3 aliphatic heterocycles. The number of benzene rings is 1. The summed E-state index contributed by atoms with van der Waals surface area (Å²) >= 11 is 0. The third-order valence-corrected chi connectivity index (χ3v) is 5.41. The summed E-state index contributed by atoms with van der Waals surface area (Å²) in [4.78, 5) is 17.3. The fourth-order valence-corrected chi connectivity index (χ4v) is 3.97. The van der Waals surface area contributed by atoms with Crippen molar-refractivity contribution in [3.05, 3.63) is 23.9 Å². The van der Waals surface area contributed by atoms with Crippen LogP contribution >= 0.6 is 0 Å². The summed E-state index contributed by atoms with van der Waals surface area (Å²) in [5.41, 5.74) is 1.34. The van der Waals surface area contributed by atoms with Gasteiger partial charge in [0.05, 0.1) is 12.6 Å². The number of rotatable bonds is 3. The number of nitrogens with zero attached hydrogens (tertiary/aromatic N) is 3. The van der Waals surface area contributed by atoms with Crippen molar-refractivity contribution >= 4 is 16.8 Å². The highest BCUT2D eigenvalue weighted by Crippen LogP contribution is 2.31. The molecule has 23 heavy (non-hydrogen) atoms. The lowest BCUT2D eigenvalue weighted by molar-refractivity contribution is 0.0160. The number of hydrogen-bond acceptors (Lipinski definition) is 4. The van der Waals surface area contributed by atoms with E-state index in [9.17, 15) is 4.79 Å². The van der Waals surface area contributed by atoms with Gasteiger partial charge in [0.15, 0.2) is 5.69 Å². The van der Waals surface area contributed by atoms with Gasteiger partial charge in [0.2, 0.25) is 0 Å². The summed E-state index contributed by atoms with van der Waals surface area (Å²) in [6, 6.07) is 5.93. The van der Waals surface area contributed by atoms with Crippen LogP contribution in [0.4, 0.5) is 0 Å². The average Bonchev–Trinajstić information content (AvgIpc) is 3.04. The van der Waals surface area contributed by atoms with Gasteiger partial charge in [0.1, 0.15) is 5.75 Å². The molecule has 1 aromatic heterocycles. The smallest absolute Gasteiger partial charge is 0.275 e. The number of aromatic nitrogens is 2. The van der Waals surface area contributed by atoms with E-state index in [0.29, 0.717) is 17.7 Å². The Morgan fingerprint density at radius 3 is 2.83 bits per heavy atom. The van der Waals surface area contributed by atoms with Crippen LogP contribution in [-0.4, -0.2) is 65.7 Å². The third-order valence-electron chi connectivity index (χ3n) is 5.41. The molecule has 1 N–H and O–H groups in total. The number of piperidine rings is 3. The third kappa shape index (κ3) is 2.37. The molecule has 122 valence electrons. The minimum absolute atomic E-state index is 0.0109. The van der Waals surface area contributed by atoms with E-state index in [0.717, 1.165) is 23.2 Å². The van der Waals surface area contributed by atoms with Crippen LogP contribution in [-0.2, 0) is 0 Å². The summed E-state index contributed by atoms with van der Waals surface area (Å²) < 4.78 is 5.27. The fraction of sp³-hybridized carbons (Fsp3) is 0.529. The molecule has 0 unspecified atom stereocenters. The minimum Gasteiger partial charge on any atom is -0.497 e. The van der Waals surface area contributed by atoms with E-state index in [1.165, 1.54) is 25.9 Å². The monoisotopic (exact) mass is 314 g/mol. The Bertz CT molecular complexity index is 733. The molecule has 2 bridgehead atoms. The quantitative estimate of drug-likeness (QED) is 0.937. The maximum Gasteiger partial charge on any atom is 0.275 e. The molecule has 1 atom stereocenters. The van der Waals surface area contributed by atoms with Gasteiger partial charge in [-0.3, -0.25) is 9.89 Å². The molecule has 3 aliphatic rings. The van der Waals surface area contributed by atoms with Crippen LogP contribution < -0.4 is 4.74 Å². The molecule has 5 rings (SSSR count). The molecule has 3 saturated heterocycles. The molecule has 0 radical (unpaired) electrons. The maximum atomic E-state index is 13.0. The van der Waals surface area contributed by atoms with Gasteiger partial charge < -0.3 is 14.5 Å². The number of methoxy groups -OCH3 is 1. The number of fused-ring (bicyclic) bond motifs is 4. The number of carbonyl (C=O) groups excluding carboxylic acids is 1. The Morgan fingerprint density at radius 2 is 2.17 bits per heavy atom. The lowest BCUT2D eigenvalue weighted by Crippen LogP contribution is -2.57. The standard InChI is InChI=1S/C17H22N4O2/c1-20(15-10-21-7-5-11(15)6-8-21)17(22)16-13-9-12(23-2)3-4-14(13)18-19-16/h3-4,9,11,15H,5-8,10H2,1-2H3,(H,18,19)/t15-/m1/s1. The van der Waals surface area contributed by atoms with Gasteiger partial charge in [-0.2, -0.15) is 5.10 Å². The first kappa shape index (κ1) is 14.5. The number of hydrogen-bond donors (Lipinski definition) is 1. The molecule has 0 aliphatic carbocycles. The van der Waals surface area contributed by atoms with Gasteiger partial charge in [-0.1, -0.05) is 0 Å². The normalized spacial score (nSPS) is 26.4. The van der Waals surface area contributed by atoms with Gasteiger partial charge in [-0.15, -0.1) is 0 Å². The summed E-state index contributed by atoms with van der Waals surface area (Å²) in [7, 11) is 3.54. The number of aromatic amines is 1. The van der Waals surface area contributed by atoms with Crippen molar-refractivity contribution in [2.75, 3.05) is 33.8 Å². The van der Waals surface area contributed by atoms with E-state index in [1.807, 2.05) is 30.1 Å². The van der Waals surface area contributed by atoms with Crippen molar-refractivity contribution in [2.24, 2.45) is 5.92 Å². The lowest BCUT2D eigenvalue weighted by atomic mass is 9.83.